The molecule has 0 aromatic heterocycles. The van der Waals surface area contributed by atoms with Crippen molar-refractivity contribution in [3.63, 3.8) is 0 Å². The molecule has 1 fully saturated rings. The van der Waals surface area contributed by atoms with Gasteiger partial charge in [0.1, 0.15) is 18.9 Å². The van der Waals surface area contributed by atoms with E-state index in [2.05, 4.69) is 0 Å². The summed E-state index contributed by atoms with van der Waals surface area (Å²) >= 11 is 0. The average molecular weight is 446 g/mol. The molecule has 3 rings (SSSR count). The number of hydrogen-bond donors (Lipinski definition) is 1. The van der Waals surface area contributed by atoms with Gasteiger partial charge in [0, 0.05) is 19.0 Å². The molecule has 1 aliphatic rings. The summed E-state index contributed by atoms with van der Waals surface area (Å²) in [5.74, 6) is -0.309. The molecule has 2 amide bonds. The van der Waals surface area contributed by atoms with E-state index in [4.69, 9.17) is 10.5 Å². The van der Waals surface area contributed by atoms with Crippen molar-refractivity contribution in [1.82, 2.24) is 4.90 Å². The first-order valence-corrected chi connectivity index (χ1v) is 11.9. The fourth-order valence-corrected chi connectivity index (χ4v) is 4.34. The Morgan fingerprint density at radius 3 is 2.23 bits per heavy atom. The molecule has 0 unspecified atom stereocenters. The standard InChI is InChI=1S/C22H27N3O5S/c1-31(28,29)25(15-21(26)24-13-11-18(12-14-24)22(23)27)19-7-9-20(10-8-19)30-16-17-5-3-2-4-6-17/h2-10,18H,11-16H2,1H3,(H2,23,27). The third-order valence-corrected chi connectivity index (χ3v) is 6.44. The molecule has 1 aliphatic heterocycles. The molecule has 1 saturated heterocycles. The zero-order valence-corrected chi connectivity index (χ0v) is 18.3. The van der Waals surface area contributed by atoms with Crippen LogP contribution in [0.15, 0.2) is 54.6 Å². The molecule has 0 bridgehead atoms. The number of amides is 2. The number of primary amides is 1. The van der Waals surface area contributed by atoms with Gasteiger partial charge >= 0.3 is 0 Å². The third kappa shape index (κ3) is 6.21. The van der Waals surface area contributed by atoms with Crippen molar-refractivity contribution in [1.29, 1.82) is 0 Å². The maximum atomic E-state index is 12.7. The summed E-state index contributed by atoms with van der Waals surface area (Å²) in [6.07, 6.45) is 2.06. The van der Waals surface area contributed by atoms with Crippen LogP contribution in [-0.4, -0.2) is 51.0 Å². The van der Waals surface area contributed by atoms with Crippen molar-refractivity contribution >= 4 is 27.5 Å². The lowest BCUT2D eigenvalue weighted by Crippen LogP contribution is -2.47. The molecule has 2 aromatic carbocycles. The van der Waals surface area contributed by atoms with Crippen molar-refractivity contribution in [3.05, 3.63) is 60.2 Å². The van der Waals surface area contributed by atoms with E-state index in [0.29, 0.717) is 44.0 Å². The zero-order chi connectivity index (χ0) is 22.4. The van der Waals surface area contributed by atoms with Gasteiger partial charge in [-0.2, -0.15) is 0 Å². The van der Waals surface area contributed by atoms with Gasteiger partial charge in [0.15, 0.2) is 0 Å². The van der Waals surface area contributed by atoms with Crippen LogP contribution in [0.25, 0.3) is 0 Å². The highest BCUT2D eigenvalue weighted by molar-refractivity contribution is 7.92. The van der Waals surface area contributed by atoms with E-state index in [1.54, 1.807) is 29.2 Å². The quantitative estimate of drug-likeness (QED) is 0.666. The van der Waals surface area contributed by atoms with E-state index in [1.165, 1.54) is 0 Å². The monoisotopic (exact) mass is 445 g/mol. The number of rotatable bonds is 8. The molecule has 0 aliphatic carbocycles. The number of nitrogens with zero attached hydrogens (tertiary/aromatic N) is 2. The van der Waals surface area contributed by atoms with Gasteiger partial charge in [0.25, 0.3) is 0 Å². The number of nitrogens with two attached hydrogens (primary N) is 1. The van der Waals surface area contributed by atoms with Gasteiger partial charge in [-0.3, -0.25) is 13.9 Å². The molecular formula is C22H27N3O5S. The molecular weight excluding hydrogens is 418 g/mol. The fourth-order valence-electron chi connectivity index (χ4n) is 3.49. The van der Waals surface area contributed by atoms with Crippen LogP contribution in [0.4, 0.5) is 5.69 Å². The van der Waals surface area contributed by atoms with Crippen LogP contribution in [0.5, 0.6) is 5.75 Å². The van der Waals surface area contributed by atoms with E-state index >= 15 is 0 Å². The predicted octanol–water partition coefficient (Wildman–Crippen LogP) is 1.76. The van der Waals surface area contributed by atoms with Gasteiger partial charge in [-0.25, -0.2) is 8.42 Å². The smallest absolute Gasteiger partial charge is 0.243 e. The zero-order valence-electron chi connectivity index (χ0n) is 17.4. The minimum absolute atomic E-state index is 0.238. The second kappa shape index (κ2) is 9.82. The first-order valence-electron chi connectivity index (χ1n) is 10.1. The SMILES string of the molecule is CS(=O)(=O)N(CC(=O)N1CCC(C(N)=O)CC1)c1ccc(OCc2ccccc2)cc1. The summed E-state index contributed by atoms with van der Waals surface area (Å²) in [4.78, 5) is 25.6. The predicted molar refractivity (Wildman–Crippen MR) is 118 cm³/mol. The molecule has 8 nitrogen and oxygen atoms in total. The van der Waals surface area contributed by atoms with E-state index in [9.17, 15) is 18.0 Å². The van der Waals surface area contributed by atoms with Crippen molar-refractivity contribution < 1.29 is 22.7 Å². The Morgan fingerprint density at radius 1 is 1.06 bits per heavy atom. The average Bonchev–Trinajstić information content (AvgIpc) is 2.76. The van der Waals surface area contributed by atoms with Crippen molar-refractivity contribution in [2.75, 3.05) is 30.2 Å². The topological polar surface area (TPSA) is 110 Å². The highest BCUT2D eigenvalue weighted by Gasteiger charge is 2.29. The second-order valence-corrected chi connectivity index (χ2v) is 9.50. The number of ether oxygens (including phenoxy) is 1. The molecule has 0 spiro atoms. The Kier molecular flexibility index (Phi) is 7.17. The van der Waals surface area contributed by atoms with E-state index < -0.39 is 10.0 Å². The molecule has 2 N–H and O–H groups in total. The molecule has 0 radical (unpaired) electrons. The normalized spacial score (nSPS) is 14.8. The maximum Gasteiger partial charge on any atom is 0.243 e. The first-order chi connectivity index (χ1) is 14.7. The first kappa shape index (κ1) is 22.6. The number of carbonyl (C=O) groups is 2. The lowest BCUT2D eigenvalue weighted by molar-refractivity contribution is -0.133. The van der Waals surface area contributed by atoms with Gasteiger partial charge in [0.2, 0.25) is 21.8 Å². The number of piperidine rings is 1. The Hall–Kier alpha value is -3.07. The summed E-state index contributed by atoms with van der Waals surface area (Å²) in [7, 11) is -3.67. The number of hydrogen-bond acceptors (Lipinski definition) is 5. The molecule has 9 heteroatoms. The Bertz CT molecular complexity index is 1000. The van der Waals surface area contributed by atoms with E-state index in [1.807, 2.05) is 30.3 Å². The number of anilines is 1. The van der Waals surface area contributed by atoms with Gasteiger partial charge in [0.05, 0.1) is 11.9 Å². The van der Waals surface area contributed by atoms with Crippen LogP contribution in [0, 0.1) is 5.92 Å². The van der Waals surface area contributed by atoms with Crippen molar-refractivity contribution in [2.45, 2.75) is 19.4 Å². The molecule has 1 heterocycles. The highest BCUT2D eigenvalue weighted by atomic mass is 32.2. The van der Waals surface area contributed by atoms with Crippen LogP contribution < -0.4 is 14.8 Å². The number of carbonyl (C=O) groups excluding carboxylic acids is 2. The van der Waals surface area contributed by atoms with Gasteiger partial charge in [-0.15, -0.1) is 0 Å². The Labute approximate surface area is 182 Å². The van der Waals surface area contributed by atoms with Crippen LogP contribution in [0.3, 0.4) is 0 Å². The molecule has 166 valence electrons. The minimum Gasteiger partial charge on any atom is -0.489 e. The van der Waals surface area contributed by atoms with Gasteiger partial charge in [-0.1, -0.05) is 30.3 Å². The summed E-state index contributed by atoms with van der Waals surface area (Å²) in [6.45, 7) is 0.868. The minimum atomic E-state index is -3.67. The maximum absolute atomic E-state index is 12.7. The number of likely N-dealkylation sites (tertiary alicyclic amines) is 1. The fraction of sp³-hybridized carbons (Fsp3) is 0.364. The number of benzene rings is 2. The Morgan fingerprint density at radius 2 is 1.68 bits per heavy atom. The Balaban J connectivity index is 1.64. The van der Waals surface area contributed by atoms with Gasteiger partial charge < -0.3 is 15.4 Å². The lowest BCUT2D eigenvalue weighted by atomic mass is 9.96. The van der Waals surface area contributed by atoms with Crippen molar-refractivity contribution in [2.24, 2.45) is 11.7 Å². The summed E-state index contributed by atoms with van der Waals surface area (Å²) < 4.78 is 31.5. The molecule has 2 aromatic rings. The van der Waals surface area contributed by atoms with Crippen LogP contribution in [-0.2, 0) is 26.2 Å². The van der Waals surface area contributed by atoms with E-state index in [-0.39, 0.29) is 24.3 Å². The lowest BCUT2D eigenvalue weighted by Gasteiger charge is -2.32. The molecule has 0 atom stereocenters. The summed E-state index contributed by atoms with van der Waals surface area (Å²) in [5, 5.41) is 0. The summed E-state index contributed by atoms with van der Waals surface area (Å²) in [5.41, 5.74) is 6.74. The largest absolute Gasteiger partial charge is 0.489 e. The molecule has 0 saturated carbocycles. The van der Waals surface area contributed by atoms with Crippen LogP contribution >= 0.6 is 0 Å². The highest BCUT2D eigenvalue weighted by Crippen LogP contribution is 2.23. The summed E-state index contributed by atoms with van der Waals surface area (Å²) in [6, 6.07) is 16.3. The van der Waals surface area contributed by atoms with Crippen LogP contribution in [0.2, 0.25) is 0 Å². The number of sulfonamides is 1. The third-order valence-electron chi connectivity index (χ3n) is 5.30. The van der Waals surface area contributed by atoms with Crippen LogP contribution in [0.1, 0.15) is 18.4 Å². The van der Waals surface area contributed by atoms with E-state index in [0.717, 1.165) is 16.1 Å². The molecule has 31 heavy (non-hydrogen) atoms. The second-order valence-electron chi connectivity index (χ2n) is 7.60. The van der Waals surface area contributed by atoms with Gasteiger partial charge in [-0.05, 0) is 42.7 Å². The van der Waals surface area contributed by atoms with Crippen molar-refractivity contribution in [3.8, 4) is 5.75 Å².